The zero-order valence-corrected chi connectivity index (χ0v) is 12.4. The van der Waals surface area contributed by atoms with Gasteiger partial charge in [-0.3, -0.25) is 0 Å². The van der Waals surface area contributed by atoms with E-state index in [-0.39, 0.29) is 6.03 Å². The highest BCUT2D eigenvalue weighted by molar-refractivity contribution is 5.91. The SMILES string of the molecule is Cc1nc2ccc(NC(=O)N3CCCCCCC3)cc2o1. The fourth-order valence-electron chi connectivity index (χ4n) is 2.77. The van der Waals surface area contributed by atoms with Crippen LogP contribution >= 0.6 is 0 Å². The van der Waals surface area contributed by atoms with Gasteiger partial charge in [0.1, 0.15) is 5.52 Å². The number of urea groups is 1. The smallest absolute Gasteiger partial charge is 0.321 e. The number of carbonyl (C=O) groups is 1. The highest BCUT2D eigenvalue weighted by Gasteiger charge is 2.15. The van der Waals surface area contributed by atoms with Gasteiger partial charge in [0, 0.05) is 31.8 Å². The number of nitrogens with zero attached hydrogens (tertiary/aromatic N) is 2. The third-order valence-electron chi connectivity index (χ3n) is 3.89. The lowest BCUT2D eigenvalue weighted by atomic mass is 10.1. The van der Waals surface area contributed by atoms with E-state index in [0.29, 0.717) is 11.5 Å². The summed E-state index contributed by atoms with van der Waals surface area (Å²) in [6, 6.07) is 5.55. The Labute approximate surface area is 124 Å². The number of hydrogen-bond acceptors (Lipinski definition) is 3. The van der Waals surface area contributed by atoms with Gasteiger partial charge in [0.15, 0.2) is 11.5 Å². The van der Waals surface area contributed by atoms with Crippen molar-refractivity contribution < 1.29 is 9.21 Å². The van der Waals surface area contributed by atoms with Crippen molar-refractivity contribution in [2.24, 2.45) is 0 Å². The maximum absolute atomic E-state index is 12.3. The van der Waals surface area contributed by atoms with E-state index in [2.05, 4.69) is 10.3 Å². The quantitative estimate of drug-likeness (QED) is 0.864. The number of oxazole rings is 1. The molecule has 1 aromatic heterocycles. The molecular weight excluding hydrogens is 266 g/mol. The largest absolute Gasteiger partial charge is 0.441 e. The summed E-state index contributed by atoms with van der Waals surface area (Å²) in [5.74, 6) is 0.636. The summed E-state index contributed by atoms with van der Waals surface area (Å²) < 4.78 is 5.50. The Morgan fingerprint density at radius 3 is 2.67 bits per heavy atom. The topological polar surface area (TPSA) is 58.4 Å². The van der Waals surface area contributed by atoms with Gasteiger partial charge in [0.05, 0.1) is 0 Å². The van der Waals surface area contributed by atoms with E-state index in [9.17, 15) is 4.79 Å². The zero-order valence-electron chi connectivity index (χ0n) is 12.4. The maximum Gasteiger partial charge on any atom is 0.321 e. The number of benzene rings is 1. The van der Waals surface area contributed by atoms with E-state index in [4.69, 9.17) is 4.42 Å². The molecule has 2 amide bonds. The van der Waals surface area contributed by atoms with Gasteiger partial charge in [-0.1, -0.05) is 19.3 Å². The molecule has 0 atom stereocenters. The Balaban J connectivity index is 1.69. The number of aromatic nitrogens is 1. The monoisotopic (exact) mass is 287 g/mol. The first-order valence-electron chi connectivity index (χ1n) is 7.65. The molecule has 1 saturated heterocycles. The molecule has 0 bridgehead atoms. The minimum Gasteiger partial charge on any atom is -0.441 e. The molecule has 1 aliphatic heterocycles. The molecule has 2 heterocycles. The molecule has 112 valence electrons. The van der Waals surface area contributed by atoms with E-state index in [1.165, 1.54) is 19.3 Å². The summed E-state index contributed by atoms with van der Waals surface area (Å²) in [4.78, 5) is 18.5. The normalized spacial score (nSPS) is 16.5. The van der Waals surface area contributed by atoms with Crippen LogP contribution in [0.4, 0.5) is 10.5 Å². The number of anilines is 1. The molecule has 1 fully saturated rings. The molecular formula is C16H21N3O2. The third kappa shape index (κ3) is 3.35. The van der Waals surface area contributed by atoms with Crippen LogP contribution < -0.4 is 5.32 Å². The summed E-state index contributed by atoms with van der Waals surface area (Å²) in [5.41, 5.74) is 2.28. The summed E-state index contributed by atoms with van der Waals surface area (Å²) in [6.07, 6.45) is 5.90. The molecule has 1 aromatic carbocycles. The van der Waals surface area contributed by atoms with Gasteiger partial charge in [-0.25, -0.2) is 9.78 Å². The highest BCUT2D eigenvalue weighted by atomic mass is 16.3. The standard InChI is InChI=1S/C16H21N3O2/c1-12-17-14-8-7-13(11-15(14)21-12)18-16(20)19-9-5-3-2-4-6-10-19/h7-8,11H,2-6,9-10H2,1H3,(H,18,20). The Bertz CT molecular complexity index is 627. The van der Waals surface area contributed by atoms with E-state index < -0.39 is 0 Å². The van der Waals surface area contributed by atoms with Crippen molar-refractivity contribution in [2.75, 3.05) is 18.4 Å². The predicted molar refractivity (Wildman–Crippen MR) is 82.4 cm³/mol. The van der Waals surface area contributed by atoms with Crippen molar-refractivity contribution in [3.05, 3.63) is 24.1 Å². The van der Waals surface area contributed by atoms with Crippen LogP contribution in [0, 0.1) is 6.92 Å². The molecule has 2 aromatic rings. The lowest BCUT2D eigenvalue weighted by molar-refractivity contribution is 0.206. The number of likely N-dealkylation sites (tertiary alicyclic amines) is 1. The number of nitrogens with one attached hydrogen (secondary N) is 1. The first-order chi connectivity index (χ1) is 10.2. The molecule has 0 unspecified atom stereocenters. The first-order valence-corrected chi connectivity index (χ1v) is 7.65. The van der Waals surface area contributed by atoms with Crippen LogP contribution in [0.3, 0.4) is 0 Å². The van der Waals surface area contributed by atoms with Crippen LogP contribution in [0.15, 0.2) is 22.6 Å². The zero-order chi connectivity index (χ0) is 14.7. The highest BCUT2D eigenvalue weighted by Crippen LogP contribution is 2.20. The van der Waals surface area contributed by atoms with Gasteiger partial charge in [0.25, 0.3) is 0 Å². The van der Waals surface area contributed by atoms with E-state index in [1.54, 1.807) is 0 Å². The molecule has 0 spiro atoms. The van der Waals surface area contributed by atoms with Crippen molar-refractivity contribution in [1.82, 2.24) is 9.88 Å². The second-order valence-electron chi connectivity index (χ2n) is 5.60. The summed E-state index contributed by atoms with van der Waals surface area (Å²) >= 11 is 0. The van der Waals surface area contributed by atoms with E-state index in [0.717, 1.165) is 37.1 Å². The van der Waals surface area contributed by atoms with Crippen molar-refractivity contribution in [3.63, 3.8) is 0 Å². The van der Waals surface area contributed by atoms with Crippen molar-refractivity contribution in [1.29, 1.82) is 0 Å². The summed E-state index contributed by atoms with van der Waals surface area (Å²) in [6.45, 7) is 3.50. The Morgan fingerprint density at radius 2 is 1.90 bits per heavy atom. The van der Waals surface area contributed by atoms with Gasteiger partial charge in [0.2, 0.25) is 0 Å². The van der Waals surface area contributed by atoms with Gasteiger partial charge in [-0.2, -0.15) is 0 Å². The first kappa shape index (κ1) is 13.9. The molecule has 5 heteroatoms. The molecule has 0 saturated carbocycles. The summed E-state index contributed by atoms with van der Waals surface area (Å²) in [5, 5.41) is 2.96. The second kappa shape index (κ2) is 6.16. The average molecular weight is 287 g/mol. The van der Waals surface area contributed by atoms with Crippen molar-refractivity contribution in [2.45, 2.75) is 39.0 Å². The fraction of sp³-hybridized carbons (Fsp3) is 0.500. The number of fused-ring (bicyclic) bond motifs is 1. The van der Waals surface area contributed by atoms with Crippen LogP contribution in [0.2, 0.25) is 0 Å². The second-order valence-corrected chi connectivity index (χ2v) is 5.60. The molecule has 3 rings (SSSR count). The predicted octanol–water partition coefficient (Wildman–Crippen LogP) is 3.93. The molecule has 1 N–H and O–H groups in total. The van der Waals surface area contributed by atoms with Crippen LogP contribution in [0.1, 0.15) is 38.0 Å². The lowest BCUT2D eigenvalue weighted by Gasteiger charge is -2.25. The third-order valence-corrected chi connectivity index (χ3v) is 3.89. The Morgan fingerprint density at radius 1 is 1.19 bits per heavy atom. The molecule has 21 heavy (non-hydrogen) atoms. The van der Waals surface area contributed by atoms with Gasteiger partial charge in [-0.15, -0.1) is 0 Å². The van der Waals surface area contributed by atoms with E-state index >= 15 is 0 Å². The van der Waals surface area contributed by atoms with Gasteiger partial charge < -0.3 is 14.6 Å². The number of amides is 2. The Kier molecular flexibility index (Phi) is 4.08. The van der Waals surface area contributed by atoms with Crippen molar-refractivity contribution >= 4 is 22.8 Å². The van der Waals surface area contributed by atoms with E-state index in [1.807, 2.05) is 30.0 Å². The van der Waals surface area contributed by atoms with Crippen molar-refractivity contribution in [3.8, 4) is 0 Å². The van der Waals surface area contributed by atoms with Gasteiger partial charge in [-0.05, 0) is 25.0 Å². The average Bonchev–Trinajstić information content (AvgIpc) is 2.77. The molecule has 0 radical (unpaired) electrons. The molecule has 1 aliphatic rings. The molecule has 5 nitrogen and oxygen atoms in total. The lowest BCUT2D eigenvalue weighted by Crippen LogP contribution is -2.37. The number of rotatable bonds is 1. The van der Waals surface area contributed by atoms with Crippen LogP contribution in [-0.4, -0.2) is 29.0 Å². The van der Waals surface area contributed by atoms with Crippen LogP contribution in [0.25, 0.3) is 11.1 Å². The number of hydrogen-bond donors (Lipinski definition) is 1. The minimum absolute atomic E-state index is 0.0208. The van der Waals surface area contributed by atoms with Crippen LogP contribution in [-0.2, 0) is 0 Å². The number of carbonyl (C=O) groups excluding carboxylic acids is 1. The van der Waals surface area contributed by atoms with Gasteiger partial charge >= 0.3 is 6.03 Å². The van der Waals surface area contributed by atoms with Crippen LogP contribution in [0.5, 0.6) is 0 Å². The summed E-state index contributed by atoms with van der Waals surface area (Å²) in [7, 11) is 0. The fourth-order valence-corrected chi connectivity index (χ4v) is 2.77. The maximum atomic E-state index is 12.3. The number of aryl methyl sites for hydroxylation is 1. The molecule has 0 aliphatic carbocycles. The minimum atomic E-state index is -0.0208. The Hall–Kier alpha value is -2.04.